The van der Waals surface area contributed by atoms with Gasteiger partial charge in [0, 0.05) is 6.07 Å². The zero-order valence-corrected chi connectivity index (χ0v) is 10.5. The Kier molecular flexibility index (Phi) is 4.44. The van der Waals surface area contributed by atoms with Gasteiger partial charge in [0.2, 0.25) is 5.75 Å². The molecule has 0 fully saturated rings. The number of carbonyl (C=O) groups is 2. The van der Waals surface area contributed by atoms with Gasteiger partial charge in [-0.25, -0.2) is 4.79 Å². The number of ether oxygens (including phenoxy) is 1. The number of nitro groups is 2. The van der Waals surface area contributed by atoms with Gasteiger partial charge in [-0.2, -0.15) is 13.2 Å². The highest BCUT2D eigenvalue weighted by molar-refractivity contribution is 6.00. The Morgan fingerprint density at radius 1 is 1.14 bits per heavy atom. The van der Waals surface area contributed by atoms with Crippen LogP contribution in [-0.2, 0) is 4.79 Å². The molecule has 0 heterocycles. The molecular formula is C10H5F3N2O7. The second kappa shape index (κ2) is 5.75. The number of nitrogens with zero attached hydrogens (tertiary/aromatic N) is 2. The fourth-order valence-electron chi connectivity index (χ4n) is 1.36. The maximum absolute atomic E-state index is 12.2. The average Bonchev–Trinajstić information content (AvgIpc) is 2.36. The van der Waals surface area contributed by atoms with Crippen LogP contribution in [0.15, 0.2) is 12.1 Å². The molecule has 0 saturated carbocycles. The average molecular weight is 322 g/mol. The predicted molar refractivity (Wildman–Crippen MR) is 61.4 cm³/mol. The fraction of sp³-hybridized carbons (Fsp3) is 0.200. The summed E-state index contributed by atoms with van der Waals surface area (Å²) in [6.45, 7) is 0.785. The minimum absolute atomic E-state index is 0.283. The van der Waals surface area contributed by atoms with E-state index in [1.807, 2.05) is 0 Å². The van der Waals surface area contributed by atoms with Gasteiger partial charge in [-0.05, 0) is 6.92 Å². The van der Waals surface area contributed by atoms with Crippen LogP contribution in [0.3, 0.4) is 0 Å². The van der Waals surface area contributed by atoms with E-state index in [0.29, 0.717) is 6.07 Å². The number of hydrogen-bond donors (Lipinski definition) is 0. The van der Waals surface area contributed by atoms with Crippen LogP contribution in [0.25, 0.3) is 0 Å². The van der Waals surface area contributed by atoms with Crippen molar-refractivity contribution in [1.29, 1.82) is 0 Å². The molecule has 0 atom stereocenters. The highest BCUT2D eigenvalue weighted by atomic mass is 19.4. The van der Waals surface area contributed by atoms with E-state index in [4.69, 9.17) is 0 Å². The van der Waals surface area contributed by atoms with Gasteiger partial charge in [-0.15, -0.1) is 0 Å². The Morgan fingerprint density at radius 2 is 1.68 bits per heavy atom. The minimum Gasteiger partial charge on any atom is -0.412 e. The molecule has 0 amide bonds. The Balaban J connectivity index is 3.59. The molecule has 0 unspecified atom stereocenters. The first-order chi connectivity index (χ1) is 9.95. The van der Waals surface area contributed by atoms with E-state index in [9.17, 15) is 43.0 Å². The van der Waals surface area contributed by atoms with Crippen LogP contribution in [-0.4, -0.2) is 27.8 Å². The largest absolute Gasteiger partial charge is 0.491 e. The number of nitro benzene ring substituents is 2. The lowest BCUT2D eigenvalue weighted by Crippen LogP contribution is -2.28. The Hall–Kier alpha value is -3.05. The van der Waals surface area contributed by atoms with Crippen LogP contribution in [0, 0.1) is 20.2 Å². The van der Waals surface area contributed by atoms with Crippen molar-refractivity contribution in [3.8, 4) is 5.75 Å². The zero-order chi connectivity index (χ0) is 17.2. The number of esters is 1. The second-order valence-electron chi connectivity index (χ2n) is 3.80. The third-order valence-electron chi connectivity index (χ3n) is 2.27. The van der Waals surface area contributed by atoms with E-state index in [1.165, 1.54) is 0 Å². The number of benzene rings is 1. The minimum atomic E-state index is -5.47. The smallest absolute Gasteiger partial charge is 0.412 e. The molecule has 0 aliphatic carbocycles. The zero-order valence-electron chi connectivity index (χ0n) is 10.5. The molecule has 0 aliphatic rings. The topological polar surface area (TPSA) is 130 Å². The second-order valence-corrected chi connectivity index (χ2v) is 3.80. The van der Waals surface area contributed by atoms with E-state index < -0.39 is 50.5 Å². The van der Waals surface area contributed by atoms with Crippen LogP contribution in [0.4, 0.5) is 24.5 Å². The molecule has 12 heteroatoms. The first-order valence-corrected chi connectivity index (χ1v) is 5.22. The molecule has 0 spiro atoms. The molecule has 0 N–H and O–H groups in total. The summed E-state index contributed by atoms with van der Waals surface area (Å²) in [5, 5.41) is 21.4. The van der Waals surface area contributed by atoms with Crippen molar-refractivity contribution in [1.82, 2.24) is 0 Å². The number of alkyl halides is 3. The summed E-state index contributed by atoms with van der Waals surface area (Å²) in [6, 6.07) is 0.764. The van der Waals surface area contributed by atoms with Gasteiger partial charge >= 0.3 is 17.8 Å². The third-order valence-corrected chi connectivity index (χ3v) is 2.27. The summed E-state index contributed by atoms with van der Waals surface area (Å²) in [6.07, 6.45) is -5.47. The lowest BCUT2D eigenvalue weighted by Gasteiger charge is -2.10. The Bertz CT molecular complexity index is 649. The van der Waals surface area contributed by atoms with Crippen LogP contribution in [0.5, 0.6) is 5.75 Å². The first kappa shape index (κ1) is 17.0. The normalized spacial score (nSPS) is 10.9. The van der Waals surface area contributed by atoms with Crippen molar-refractivity contribution in [2.45, 2.75) is 13.1 Å². The molecule has 0 saturated heterocycles. The number of halogens is 3. The standard InChI is InChI=1S/C10H5F3N2O7/c1-4(16)6-2-5(14(18)19)3-7(15(20)21)8(6)22-9(17)10(11,12)13/h2-3H,1H3. The highest BCUT2D eigenvalue weighted by Gasteiger charge is 2.43. The van der Waals surface area contributed by atoms with Gasteiger partial charge in [0.15, 0.2) is 5.78 Å². The monoisotopic (exact) mass is 322 g/mol. The summed E-state index contributed by atoms with van der Waals surface area (Å²) in [5.41, 5.74) is -3.11. The number of ketones is 1. The van der Waals surface area contributed by atoms with E-state index in [-0.39, 0.29) is 6.07 Å². The number of Topliss-reactive ketones (excluding diaryl/α,β-unsaturated/α-hetero) is 1. The van der Waals surface area contributed by atoms with Gasteiger partial charge in [0.1, 0.15) is 0 Å². The number of non-ortho nitro benzene ring substituents is 1. The molecule has 118 valence electrons. The van der Waals surface area contributed by atoms with Gasteiger partial charge in [-0.1, -0.05) is 0 Å². The number of rotatable bonds is 4. The first-order valence-electron chi connectivity index (χ1n) is 5.22. The Morgan fingerprint density at radius 3 is 2.05 bits per heavy atom. The highest BCUT2D eigenvalue weighted by Crippen LogP contribution is 2.37. The van der Waals surface area contributed by atoms with Crippen molar-refractivity contribution in [2.75, 3.05) is 0 Å². The maximum Gasteiger partial charge on any atom is 0.491 e. The molecular weight excluding hydrogens is 317 g/mol. The SMILES string of the molecule is CC(=O)c1cc([N+](=O)[O-])cc([N+](=O)[O-])c1OC(=O)C(F)(F)F. The lowest BCUT2D eigenvalue weighted by atomic mass is 10.1. The third kappa shape index (κ3) is 3.53. The van der Waals surface area contributed by atoms with Crippen molar-refractivity contribution in [3.63, 3.8) is 0 Å². The van der Waals surface area contributed by atoms with Gasteiger partial charge < -0.3 is 4.74 Å². The fourth-order valence-corrected chi connectivity index (χ4v) is 1.36. The lowest BCUT2D eigenvalue weighted by molar-refractivity contribution is -0.394. The van der Waals surface area contributed by atoms with Crippen LogP contribution in [0.1, 0.15) is 17.3 Å². The van der Waals surface area contributed by atoms with Gasteiger partial charge in [0.05, 0.1) is 21.5 Å². The molecule has 0 aliphatic heterocycles. The molecule has 9 nitrogen and oxygen atoms in total. The Labute approximate surface area is 118 Å². The van der Waals surface area contributed by atoms with Crippen molar-refractivity contribution in [2.24, 2.45) is 0 Å². The maximum atomic E-state index is 12.2. The molecule has 1 aromatic carbocycles. The van der Waals surface area contributed by atoms with E-state index in [0.717, 1.165) is 6.92 Å². The van der Waals surface area contributed by atoms with E-state index in [2.05, 4.69) is 4.74 Å². The van der Waals surface area contributed by atoms with Crippen LogP contribution < -0.4 is 4.74 Å². The van der Waals surface area contributed by atoms with Crippen LogP contribution in [0.2, 0.25) is 0 Å². The predicted octanol–water partition coefficient (Wildman–Crippen LogP) is 2.17. The molecule has 0 radical (unpaired) electrons. The summed E-state index contributed by atoms with van der Waals surface area (Å²) < 4.78 is 40.4. The van der Waals surface area contributed by atoms with Crippen molar-refractivity contribution in [3.05, 3.63) is 37.9 Å². The molecule has 1 rings (SSSR count). The van der Waals surface area contributed by atoms with E-state index in [1.54, 1.807) is 0 Å². The van der Waals surface area contributed by atoms with Crippen molar-refractivity contribution >= 4 is 23.1 Å². The molecule has 1 aromatic rings. The van der Waals surface area contributed by atoms with Gasteiger partial charge in [0.25, 0.3) is 5.69 Å². The number of hydrogen-bond acceptors (Lipinski definition) is 7. The van der Waals surface area contributed by atoms with Crippen LogP contribution >= 0.6 is 0 Å². The summed E-state index contributed by atoms with van der Waals surface area (Å²) in [4.78, 5) is 41.2. The van der Waals surface area contributed by atoms with Crippen molar-refractivity contribution < 1.29 is 37.3 Å². The van der Waals surface area contributed by atoms with E-state index >= 15 is 0 Å². The molecule has 22 heavy (non-hydrogen) atoms. The summed E-state index contributed by atoms with van der Waals surface area (Å²) >= 11 is 0. The molecule has 0 aromatic heterocycles. The van der Waals surface area contributed by atoms with Gasteiger partial charge in [-0.3, -0.25) is 25.0 Å². The summed E-state index contributed by atoms with van der Waals surface area (Å²) in [7, 11) is 0. The number of carbonyl (C=O) groups excluding carboxylic acids is 2. The molecule has 0 bridgehead atoms. The quantitative estimate of drug-likeness (QED) is 0.273. The summed E-state index contributed by atoms with van der Waals surface area (Å²) in [5.74, 6) is -5.16.